The van der Waals surface area contributed by atoms with Crippen LogP contribution in [-0.2, 0) is 27.3 Å². The van der Waals surface area contributed by atoms with Gasteiger partial charge in [0.2, 0.25) is 0 Å². The third kappa shape index (κ3) is 6.23. The van der Waals surface area contributed by atoms with Gasteiger partial charge in [-0.05, 0) is 18.9 Å². The lowest BCUT2D eigenvalue weighted by atomic mass is 10.2. The van der Waals surface area contributed by atoms with E-state index in [0.29, 0.717) is 11.5 Å². The smallest absolute Gasteiger partial charge is 0.326 e. The molecule has 0 aliphatic carbocycles. The number of methoxy groups -OCH3 is 2. The molecule has 1 atom stereocenters. The lowest BCUT2D eigenvalue weighted by molar-refractivity contribution is -0.139. The van der Waals surface area contributed by atoms with Crippen LogP contribution in [-0.4, -0.2) is 53.5 Å². The highest BCUT2D eigenvalue weighted by Crippen LogP contribution is 2.23. The first kappa shape index (κ1) is 23.2. The Morgan fingerprint density at radius 2 is 1.80 bits per heavy atom. The van der Waals surface area contributed by atoms with E-state index in [0.717, 1.165) is 5.56 Å². The lowest BCUT2D eigenvalue weighted by Crippen LogP contribution is -2.41. The normalized spacial score (nSPS) is 11.9. The van der Waals surface area contributed by atoms with Gasteiger partial charge in [-0.2, -0.15) is 0 Å². The van der Waals surface area contributed by atoms with Crippen LogP contribution in [0.25, 0.3) is 0 Å². The van der Waals surface area contributed by atoms with E-state index in [4.69, 9.17) is 14.2 Å². The van der Waals surface area contributed by atoms with Crippen molar-refractivity contribution in [1.29, 1.82) is 0 Å². The molecule has 0 saturated heterocycles. The Hall–Kier alpha value is -3.04. The predicted octanol–water partition coefficient (Wildman–Crippen LogP) is 2.12. The highest BCUT2D eigenvalue weighted by molar-refractivity contribution is 5.97. The number of aromatic nitrogens is 2. The Bertz CT molecular complexity index is 855. The number of rotatable bonds is 11. The number of ether oxygens (including phenoxy) is 3. The molecule has 0 bridgehead atoms. The summed E-state index contributed by atoms with van der Waals surface area (Å²) in [7, 11) is 2.98. The van der Waals surface area contributed by atoms with E-state index in [9.17, 15) is 14.7 Å². The number of nitrogens with one attached hydrogen (secondary N) is 1. The molecule has 9 heteroatoms. The van der Waals surface area contributed by atoms with Crippen molar-refractivity contribution in [1.82, 2.24) is 15.3 Å². The van der Waals surface area contributed by atoms with Crippen LogP contribution in [0.5, 0.6) is 5.75 Å². The van der Waals surface area contributed by atoms with Gasteiger partial charge in [-0.15, -0.1) is 0 Å². The molecule has 0 aliphatic rings. The average Bonchev–Trinajstić information content (AvgIpc) is 2.74. The second-order valence-electron chi connectivity index (χ2n) is 6.55. The Balaban J connectivity index is 2.37. The molecule has 1 aromatic carbocycles. The van der Waals surface area contributed by atoms with Gasteiger partial charge >= 0.3 is 5.97 Å². The number of benzene rings is 1. The summed E-state index contributed by atoms with van der Waals surface area (Å²) in [6.45, 7) is 3.58. The van der Waals surface area contributed by atoms with Gasteiger partial charge in [0.15, 0.2) is 17.7 Å². The fourth-order valence-corrected chi connectivity index (χ4v) is 2.75. The van der Waals surface area contributed by atoms with Crippen molar-refractivity contribution in [3.05, 3.63) is 53.1 Å². The molecular weight excluding hydrogens is 390 g/mol. The van der Waals surface area contributed by atoms with Crippen LogP contribution >= 0.6 is 0 Å². The van der Waals surface area contributed by atoms with Crippen molar-refractivity contribution in [2.24, 2.45) is 0 Å². The molecular formula is C21H27N3O6. The third-order valence-corrected chi connectivity index (χ3v) is 4.41. The molecule has 0 fully saturated rings. The molecule has 1 aromatic heterocycles. The Morgan fingerprint density at radius 3 is 2.37 bits per heavy atom. The third-order valence-electron chi connectivity index (χ3n) is 4.41. The van der Waals surface area contributed by atoms with E-state index in [1.54, 1.807) is 13.8 Å². The van der Waals surface area contributed by atoms with Crippen LogP contribution in [0, 0.1) is 6.92 Å². The van der Waals surface area contributed by atoms with Gasteiger partial charge < -0.3 is 24.6 Å². The van der Waals surface area contributed by atoms with E-state index >= 15 is 0 Å². The largest absolute Gasteiger partial charge is 0.485 e. The maximum atomic E-state index is 12.9. The average molecular weight is 417 g/mol. The zero-order chi connectivity index (χ0) is 22.1. The molecule has 0 aliphatic heterocycles. The van der Waals surface area contributed by atoms with Crippen LogP contribution in [0.15, 0.2) is 30.3 Å². The van der Waals surface area contributed by atoms with Crippen LogP contribution in [0.3, 0.4) is 0 Å². The SMILES string of the molecule is CCC(NC(=O)c1nc(CC(OC)OC)nc(C)c1OCc1ccccc1)C(=O)O. The van der Waals surface area contributed by atoms with Gasteiger partial charge in [0.25, 0.3) is 5.91 Å². The molecule has 0 radical (unpaired) electrons. The molecule has 2 rings (SSSR count). The molecule has 1 unspecified atom stereocenters. The molecule has 162 valence electrons. The Labute approximate surface area is 175 Å². The first-order chi connectivity index (χ1) is 14.4. The van der Waals surface area contributed by atoms with Crippen molar-refractivity contribution >= 4 is 11.9 Å². The molecule has 30 heavy (non-hydrogen) atoms. The van der Waals surface area contributed by atoms with Crippen LogP contribution < -0.4 is 10.1 Å². The summed E-state index contributed by atoms with van der Waals surface area (Å²) in [4.78, 5) is 32.9. The number of aliphatic carboxylic acids is 1. The monoisotopic (exact) mass is 417 g/mol. The van der Waals surface area contributed by atoms with Gasteiger partial charge in [0.05, 0.1) is 12.1 Å². The first-order valence-corrected chi connectivity index (χ1v) is 9.53. The number of carboxylic acid groups (broad SMARTS) is 1. The van der Waals surface area contributed by atoms with E-state index in [1.807, 2.05) is 30.3 Å². The molecule has 0 spiro atoms. The van der Waals surface area contributed by atoms with E-state index in [-0.39, 0.29) is 30.9 Å². The lowest BCUT2D eigenvalue weighted by Gasteiger charge is -2.18. The minimum Gasteiger partial charge on any atom is -0.485 e. The Kier molecular flexibility index (Phi) is 8.70. The standard InChI is InChI=1S/C21H27N3O6/c1-5-15(21(26)27)23-20(25)18-19(30-12-14-9-7-6-8-10-14)13(2)22-16(24-18)11-17(28-3)29-4/h6-10,15,17H,5,11-12H2,1-4H3,(H,23,25)(H,26,27). The quantitative estimate of drug-likeness (QED) is 0.534. The molecule has 2 aromatic rings. The fourth-order valence-electron chi connectivity index (χ4n) is 2.75. The number of carbonyl (C=O) groups is 2. The van der Waals surface area contributed by atoms with Gasteiger partial charge in [-0.25, -0.2) is 14.8 Å². The summed E-state index contributed by atoms with van der Waals surface area (Å²) in [5.74, 6) is -1.25. The maximum Gasteiger partial charge on any atom is 0.326 e. The number of carbonyl (C=O) groups excluding carboxylic acids is 1. The van der Waals surface area contributed by atoms with Crippen LogP contribution in [0.1, 0.15) is 40.9 Å². The predicted molar refractivity (Wildman–Crippen MR) is 108 cm³/mol. The summed E-state index contributed by atoms with van der Waals surface area (Å²) in [6, 6.07) is 8.40. The maximum absolute atomic E-state index is 12.9. The molecule has 1 heterocycles. The van der Waals surface area contributed by atoms with E-state index < -0.39 is 24.2 Å². The number of carboxylic acids is 1. The van der Waals surface area contributed by atoms with E-state index in [1.165, 1.54) is 14.2 Å². The molecule has 1 amide bonds. The fraction of sp³-hybridized carbons (Fsp3) is 0.429. The van der Waals surface area contributed by atoms with Gasteiger partial charge in [-0.3, -0.25) is 4.79 Å². The van der Waals surface area contributed by atoms with Gasteiger partial charge in [0, 0.05) is 14.2 Å². The second-order valence-corrected chi connectivity index (χ2v) is 6.55. The number of hydrogen-bond acceptors (Lipinski definition) is 7. The number of aryl methyl sites for hydroxylation is 1. The van der Waals surface area contributed by atoms with Crippen molar-refractivity contribution < 1.29 is 28.9 Å². The first-order valence-electron chi connectivity index (χ1n) is 9.53. The summed E-state index contributed by atoms with van der Waals surface area (Å²) in [5, 5.41) is 11.8. The zero-order valence-corrected chi connectivity index (χ0v) is 17.5. The number of amides is 1. The van der Waals surface area contributed by atoms with Crippen molar-refractivity contribution in [2.75, 3.05) is 14.2 Å². The number of nitrogens with zero attached hydrogens (tertiary/aromatic N) is 2. The summed E-state index contributed by atoms with van der Waals surface area (Å²) < 4.78 is 16.2. The second kappa shape index (κ2) is 11.2. The topological polar surface area (TPSA) is 120 Å². The van der Waals surface area contributed by atoms with E-state index in [2.05, 4.69) is 15.3 Å². The summed E-state index contributed by atoms with van der Waals surface area (Å²) in [5.41, 5.74) is 1.33. The summed E-state index contributed by atoms with van der Waals surface area (Å²) in [6.07, 6.45) is -0.143. The molecule has 0 saturated carbocycles. The zero-order valence-electron chi connectivity index (χ0n) is 17.5. The number of hydrogen-bond donors (Lipinski definition) is 2. The summed E-state index contributed by atoms with van der Waals surface area (Å²) >= 11 is 0. The van der Waals surface area contributed by atoms with Crippen LogP contribution in [0.2, 0.25) is 0 Å². The van der Waals surface area contributed by atoms with Crippen LogP contribution in [0.4, 0.5) is 0 Å². The van der Waals surface area contributed by atoms with Gasteiger partial charge in [0.1, 0.15) is 18.5 Å². The molecule has 9 nitrogen and oxygen atoms in total. The highest BCUT2D eigenvalue weighted by Gasteiger charge is 2.25. The molecule has 2 N–H and O–H groups in total. The van der Waals surface area contributed by atoms with Crippen molar-refractivity contribution in [2.45, 2.75) is 45.6 Å². The Morgan fingerprint density at radius 1 is 1.13 bits per heavy atom. The van der Waals surface area contributed by atoms with Gasteiger partial charge in [-0.1, -0.05) is 37.3 Å². The van der Waals surface area contributed by atoms with Crippen molar-refractivity contribution in [3.8, 4) is 5.75 Å². The highest BCUT2D eigenvalue weighted by atomic mass is 16.7. The van der Waals surface area contributed by atoms with Crippen molar-refractivity contribution in [3.63, 3.8) is 0 Å². The minimum absolute atomic E-state index is 0.0286. The minimum atomic E-state index is -1.12.